The van der Waals surface area contributed by atoms with Gasteiger partial charge in [0.25, 0.3) is 0 Å². The number of carbonyl (C=O) groups is 1. The minimum atomic E-state index is -0.0849. The molecule has 1 N–H and O–H groups in total. The second-order valence-electron chi connectivity index (χ2n) is 9.65. The van der Waals surface area contributed by atoms with Crippen LogP contribution < -0.4 is 10.2 Å². The summed E-state index contributed by atoms with van der Waals surface area (Å²) in [6.45, 7) is 7.03. The third-order valence-corrected chi connectivity index (χ3v) is 7.38. The number of ether oxygens (including phenoxy) is 2. The van der Waals surface area contributed by atoms with Gasteiger partial charge in [0.05, 0.1) is 38.6 Å². The monoisotopic (exact) mass is 456 g/mol. The van der Waals surface area contributed by atoms with Crippen molar-refractivity contribution >= 4 is 22.7 Å². The van der Waals surface area contributed by atoms with Crippen LogP contribution in [0.5, 0.6) is 0 Å². The summed E-state index contributed by atoms with van der Waals surface area (Å²) in [5, 5.41) is 4.34. The van der Waals surface area contributed by atoms with Gasteiger partial charge in [-0.1, -0.05) is 0 Å². The van der Waals surface area contributed by atoms with Gasteiger partial charge in [-0.2, -0.15) is 0 Å². The van der Waals surface area contributed by atoms with E-state index in [2.05, 4.69) is 20.1 Å². The average Bonchev–Trinajstić information content (AvgIpc) is 3.34. The number of aromatic nitrogens is 1. The lowest BCUT2D eigenvalue weighted by atomic mass is 9.84. The Labute approximate surface area is 195 Å². The van der Waals surface area contributed by atoms with Gasteiger partial charge in [0.2, 0.25) is 5.91 Å². The van der Waals surface area contributed by atoms with Gasteiger partial charge in [-0.15, -0.1) is 0 Å². The van der Waals surface area contributed by atoms with E-state index in [4.69, 9.17) is 13.9 Å². The summed E-state index contributed by atoms with van der Waals surface area (Å²) in [6, 6.07) is 4.31. The fourth-order valence-electron chi connectivity index (χ4n) is 5.40. The lowest BCUT2D eigenvalue weighted by Gasteiger charge is -2.36. The third kappa shape index (κ3) is 5.86. The molecule has 2 saturated heterocycles. The number of amides is 1. The van der Waals surface area contributed by atoms with Crippen molar-refractivity contribution in [1.82, 2.24) is 15.2 Å². The van der Waals surface area contributed by atoms with E-state index in [0.29, 0.717) is 32.3 Å². The van der Waals surface area contributed by atoms with Crippen LogP contribution in [0.25, 0.3) is 11.0 Å². The fourth-order valence-corrected chi connectivity index (χ4v) is 5.40. The second-order valence-corrected chi connectivity index (χ2v) is 9.65. The summed E-state index contributed by atoms with van der Waals surface area (Å²) in [6.07, 6.45) is 9.78. The van der Waals surface area contributed by atoms with Gasteiger partial charge in [0.1, 0.15) is 0 Å². The van der Waals surface area contributed by atoms with Gasteiger partial charge in [-0.25, -0.2) is 4.98 Å². The van der Waals surface area contributed by atoms with E-state index in [0.717, 1.165) is 68.3 Å². The number of carbonyl (C=O) groups excluding carboxylic acids is 1. The first-order valence-corrected chi connectivity index (χ1v) is 12.5. The number of piperazine rings is 1. The molecule has 8 heteroatoms. The summed E-state index contributed by atoms with van der Waals surface area (Å²) in [5.74, 6) is 1.84. The largest absolute Gasteiger partial charge is 0.460 e. The lowest BCUT2D eigenvalue weighted by molar-refractivity contribution is -0.132. The number of nitrogens with one attached hydrogen (secondary N) is 1. The Hall–Kier alpha value is -2.16. The molecule has 0 bridgehead atoms. The van der Waals surface area contributed by atoms with Crippen LogP contribution in [0.15, 0.2) is 29.0 Å². The molecule has 1 amide bonds. The molecule has 2 aromatic heterocycles. The van der Waals surface area contributed by atoms with Crippen molar-refractivity contribution in [3.05, 3.63) is 24.6 Å². The normalized spacial score (nSPS) is 27.0. The van der Waals surface area contributed by atoms with Gasteiger partial charge in [-0.3, -0.25) is 9.69 Å². The van der Waals surface area contributed by atoms with Gasteiger partial charge in [-0.05, 0) is 56.7 Å². The van der Waals surface area contributed by atoms with Crippen molar-refractivity contribution < 1.29 is 18.7 Å². The molecular weight excluding hydrogens is 420 g/mol. The first kappa shape index (κ1) is 22.6. The Morgan fingerprint density at radius 1 is 1.09 bits per heavy atom. The van der Waals surface area contributed by atoms with Gasteiger partial charge < -0.3 is 24.1 Å². The Morgan fingerprint density at radius 3 is 2.73 bits per heavy atom. The van der Waals surface area contributed by atoms with Gasteiger partial charge >= 0.3 is 0 Å². The zero-order chi connectivity index (χ0) is 22.5. The van der Waals surface area contributed by atoms with Crippen LogP contribution in [-0.4, -0.2) is 80.5 Å². The fraction of sp³-hybridized carbons (Fsp3) is 0.680. The number of anilines is 1. The van der Waals surface area contributed by atoms with Crippen LogP contribution in [-0.2, 0) is 14.3 Å². The molecule has 1 saturated carbocycles. The molecule has 2 aliphatic heterocycles. The molecule has 1 aliphatic carbocycles. The molecule has 3 aliphatic rings. The van der Waals surface area contributed by atoms with E-state index < -0.39 is 0 Å². The van der Waals surface area contributed by atoms with E-state index in [1.807, 2.05) is 18.3 Å². The summed E-state index contributed by atoms with van der Waals surface area (Å²) in [7, 11) is 0. The smallest absolute Gasteiger partial charge is 0.222 e. The van der Waals surface area contributed by atoms with Crippen molar-refractivity contribution in [3.8, 4) is 0 Å². The highest BCUT2D eigenvalue weighted by Crippen LogP contribution is 2.28. The Balaban J connectivity index is 0.989. The quantitative estimate of drug-likeness (QED) is 0.686. The zero-order valence-corrected chi connectivity index (χ0v) is 19.4. The molecule has 33 heavy (non-hydrogen) atoms. The summed E-state index contributed by atoms with van der Waals surface area (Å²) in [5.41, 5.74) is 0.898. The Morgan fingerprint density at radius 2 is 1.94 bits per heavy atom. The molecule has 4 heterocycles. The summed E-state index contributed by atoms with van der Waals surface area (Å²) < 4.78 is 16.6. The van der Waals surface area contributed by atoms with Crippen LogP contribution >= 0.6 is 0 Å². The predicted octanol–water partition coefficient (Wildman–Crippen LogP) is 2.82. The van der Waals surface area contributed by atoms with E-state index in [1.54, 1.807) is 6.26 Å². The molecule has 0 spiro atoms. The SMILES string of the molecule is O=C(CC1COCCO1)NC1CCC(CCN2CCN(c3nccc4ccoc34)CC2)CC1. The van der Waals surface area contributed by atoms with Crippen LogP contribution in [0.4, 0.5) is 5.82 Å². The van der Waals surface area contributed by atoms with E-state index in [9.17, 15) is 4.79 Å². The number of hydrogen-bond acceptors (Lipinski definition) is 7. The number of rotatable bonds is 7. The minimum absolute atomic E-state index is 0.0849. The molecule has 5 rings (SSSR count). The third-order valence-electron chi connectivity index (χ3n) is 7.38. The molecule has 180 valence electrons. The van der Waals surface area contributed by atoms with E-state index in [-0.39, 0.29) is 12.0 Å². The maximum atomic E-state index is 12.3. The number of pyridine rings is 1. The van der Waals surface area contributed by atoms with Crippen molar-refractivity contribution in [2.24, 2.45) is 5.92 Å². The summed E-state index contributed by atoms with van der Waals surface area (Å²) >= 11 is 0. The topological polar surface area (TPSA) is 80.1 Å². The standard InChI is InChI=1S/C25H36N4O4/c30-23(17-22-18-31-15-16-32-22)27-21-3-1-19(2-4-21)6-9-28-10-12-29(13-11-28)25-24-20(5-8-26-25)7-14-33-24/h5,7-8,14,19,21-22H,1-4,6,9-13,15-18H2,(H,27,30). The Bertz CT molecular complexity index is 897. The molecule has 1 unspecified atom stereocenters. The first-order valence-electron chi connectivity index (χ1n) is 12.5. The highest BCUT2D eigenvalue weighted by atomic mass is 16.6. The van der Waals surface area contributed by atoms with Crippen LogP contribution in [0.1, 0.15) is 38.5 Å². The zero-order valence-electron chi connectivity index (χ0n) is 19.4. The van der Waals surface area contributed by atoms with Crippen molar-refractivity contribution in [1.29, 1.82) is 0 Å². The van der Waals surface area contributed by atoms with Crippen LogP contribution in [0.3, 0.4) is 0 Å². The predicted molar refractivity (Wildman–Crippen MR) is 126 cm³/mol. The average molecular weight is 457 g/mol. The molecule has 8 nitrogen and oxygen atoms in total. The molecule has 1 atom stereocenters. The van der Waals surface area contributed by atoms with Gasteiger partial charge in [0, 0.05) is 43.8 Å². The molecule has 3 fully saturated rings. The minimum Gasteiger partial charge on any atom is -0.460 e. The number of nitrogens with zero attached hydrogens (tertiary/aromatic N) is 3. The number of hydrogen-bond donors (Lipinski definition) is 1. The summed E-state index contributed by atoms with van der Waals surface area (Å²) in [4.78, 5) is 21.8. The van der Waals surface area contributed by atoms with Crippen LogP contribution in [0.2, 0.25) is 0 Å². The molecular formula is C25H36N4O4. The van der Waals surface area contributed by atoms with E-state index in [1.165, 1.54) is 19.3 Å². The second kappa shape index (κ2) is 10.8. The molecule has 0 radical (unpaired) electrons. The van der Waals surface area contributed by atoms with Crippen molar-refractivity contribution in [2.75, 3.05) is 57.4 Å². The maximum absolute atomic E-state index is 12.3. The van der Waals surface area contributed by atoms with Crippen molar-refractivity contribution in [3.63, 3.8) is 0 Å². The maximum Gasteiger partial charge on any atom is 0.222 e. The molecule has 0 aromatic carbocycles. The van der Waals surface area contributed by atoms with E-state index >= 15 is 0 Å². The lowest BCUT2D eigenvalue weighted by Crippen LogP contribution is -2.47. The molecule has 2 aromatic rings. The van der Waals surface area contributed by atoms with Gasteiger partial charge in [0.15, 0.2) is 11.4 Å². The Kier molecular flexibility index (Phi) is 7.43. The first-order chi connectivity index (χ1) is 16.2. The van der Waals surface area contributed by atoms with Crippen LogP contribution in [0, 0.1) is 5.92 Å². The van der Waals surface area contributed by atoms with Crippen molar-refractivity contribution in [2.45, 2.75) is 50.7 Å². The highest BCUT2D eigenvalue weighted by Gasteiger charge is 2.26. The highest BCUT2D eigenvalue weighted by molar-refractivity contribution is 5.87. The number of furan rings is 1. The number of fused-ring (bicyclic) bond motifs is 1.